The fourth-order valence-corrected chi connectivity index (χ4v) is 10.1. The average molecular weight is 535 g/mol. The molecule has 0 aromatic carbocycles. The Kier molecular flexibility index (Phi) is 6.80. The van der Waals surface area contributed by atoms with Gasteiger partial charge in [0.25, 0.3) is 0 Å². The second kappa shape index (κ2) is 9.52. The largest absolute Gasteiger partial charge is 0.458 e. The summed E-state index contributed by atoms with van der Waals surface area (Å²) in [5.74, 6) is 0.493. The third-order valence-corrected chi connectivity index (χ3v) is 12.2. The van der Waals surface area contributed by atoms with Gasteiger partial charge in [-0.2, -0.15) is 0 Å². The molecule has 8 nitrogen and oxygen atoms in total. The molecular formula is C30H46O8. The predicted molar refractivity (Wildman–Crippen MR) is 138 cm³/mol. The van der Waals surface area contributed by atoms with Gasteiger partial charge in [0.15, 0.2) is 6.29 Å². The zero-order valence-corrected chi connectivity index (χ0v) is 23.3. The van der Waals surface area contributed by atoms with Gasteiger partial charge >= 0.3 is 5.97 Å². The Labute approximate surface area is 226 Å². The van der Waals surface area contributed by atoms with Crippen molar-refractivity contribution < 1.29 is 39.1 Å². The third-order valence-electron chi connectivity index (χ3n) is 12.2. The highest BCUT2D eigenvalue weighted by Crippen LogP contribution is 2.70. The summed E-state index contributed by atoms with van der Waals surface area (Å²) >= 11 is 0. The smallest absolute Gasteiger partial charge is 0.331 e. The van der Waals surface area contributed by atoms with E-state index in [1.54, 1.807) is 13.2 Å². The molecule has 0 bridgehead atoms. The van der Waals surface area contributed by atoms with Gasteiger partial charge < -0.3 is 34.3 Å². The molecule has 6 aliphatic rings. The number of esters is 1. The standard InChI is InChI=1S/C30H46O8/c1-16-27(33)23(35-4)13-25(37-16)38-19-7-9-28(2)18(12-19)5-6-21-20(28)8-10-29(3)26(17-11-24(32)36-15-17)22(31)14-30(21,29)34/h11,16,18-23,25-27,31,33-34H,5-10,12-15H2,1-4H3/t16-,18+,19-,20-,21+,22-,23-,25?,26-,27-,28-,29+,30-/m0/s1. The summed E-state index contributed by atoms with van der Waals surface area (Å²) < 4.78 is 23.1. The van der Waals surface area contributed by atoms with E-state index >= 15 is 0 Å². The van der Waals surface area contributed by atoms with Crippen molar-refractivity contribution in [2.75, 3.05) is 13.7 Å². The fourth-order valence-electron chi connectivity index (χ4n) is 10.1. The number of cyclic esters (lactones) is 1. The van der Waals surface area contributed by atoms with Gasteiger partial charge in [-0.15, -0.1) is 0 Å². The molecule has 2 aliphatic heterocycles. The van der Waals surface area contributed by atoms with Gasteiger partial charge in [0.1, 0.15) is 12.7 Å². The van der Waals surface area contributed by atoms with Crippen molar-refractivity contribution in [3.8, 4) is 0 Å². The van der Waals surface area contributed by atoms with E-state index in [4.69, 9.17) is 18.9 Å². The van der Waals surface area contributed by atoms with Crippen LogP contribution in [0, 0.1) is 34.5 Å². The van der Waals surface area contributed by atoms with Crippen molar-refractivity contribution >= 4 is 5.97 Å². The van der Waals surface area contributed by atoms with E-state index in [1.165, 1.54) is 0 Å². The van der Waals surface area contributed by atoms with E-state index < -0.39 is 23.2 Å². The Morgan fingerprint density at radius 2 is 1.84 bits per heavy atom. The lowest BCUT2D eigenvalue weighted by atomic mass is 9.43. The number of carbonyl (C=O) groups is 1. The summed E-state index contributed by atoms with van der Waals surface area (Å²) in [5, 5.41) is 33.9. The van der Waals surface area contributed by atoms with Gasteiger partial charge in [0, 0.05) is 37.4 Å². The van der Waals surface area contributed by atoms with E-state index in [-0.39, 0.29) is 54.4 Å². The molecule has 38 heavy (non-hydrogen) atoms. The SMILES string of the molecule is CO[C@H]1CC(O[C@H]2CC[C@@]3(C)[C@H](CC[C@@H]4[C@@H]3CC[C@]3(C)[C@@H](C5=CC(=O)OC5)[C@@H](O)C[C@]43O)C2)O[C@@H](C)[C@@H]1O. The number of hydrogen-bond acceptors (Lipinski definition) is 8. The monoisotopic (exact) mass is 534 g/mol. The van der Waals surface area contributed by atoms with E-state index in [9.17, 15) is 20.1 Å². The van der Waals surface area contributed by atoms with Crippen LogP contribution in [0.25, 0.3) is 0 Å². The summed E-state index contributed by atoms with van der Waals surface area (Å²) in [4.78, 5) is 11.8. The minimum Gasteiger partial charge on any atom is -0.458 e. The highest BCUT2D eigenvalue weighted by atomic mass is 16.7. The lowest BCUT2D eigenvalue weighted by Crippen LogP contribution is -2.62. The number of carbonyl (C=O) groups excluding carboxylic acids is 1. The minimum absolute atomic E-state index is 0.121. The molecule has 1 saturated heterocycles. The molecule has 214 valence electrons. The number of methoxy groups -OCH3 is 1. The summed E-state index contributed by atoms with van der Waals surface area (Å²) in [6.07, 6.45) is 7.17. The summed E-state index contributed by atoms with van der Waals surface area (Å²) in [6.45, 7) is 6.67. The quantitative estimate of drug-likeness (QED) is 0.372. The van der Waals surface area contributed by atoms with Gasteiger partial charge in [-0.1, -0.05) is 13.8 Å². The van der Waals surface area contributed by atoms with Gasteiger partial charge in [0.05, 0.1) is 30.0 Å². The highest BCUT2D eigenvalue weighted by molar-refractivity contribution is 5.85. The first-order chi connectivity index (χ1) is 18.0. The first-order valence-electron chi connectivity index (χ1n) is 14.8. The van der Waals surface area contributed by atoms with Gasteiger partial charge in [-0.25, -0.2) is 4.79 Å². The first-order valence-corrected chi connectivity index (χ1v) is 14.8. The molecule has 8 heteroatoms. The lowest BCUT2D eigenvalue weighted by Gasteiger charge is -2.63. The maximum atomic E-state index is 12.4. The summed E-state index contributed by atoms with van der Waals surface area (Å²) in [6, 6.07) is 0. The highest BCUT2D eigenvalue weighted by Gasteiger charge is 2.70. The van der Waals surface area contributed by atoms with E-state index in [0.717, 1.165) is 50.5 Å². The van der Waals surface area contributed by atoms with Gasteiger partial charge in [0.2, 0.25) is 0 Å². The molecule has 2 heterocycles. The third kappa shape index (κ3) is 3.96. The van der Waals surface area contributed by atoms with E-state index in [0.29, 0.717) is 24.7 Å². The number of aliphatic hydroxyl groups is 3. The van der Waals surface area contributed by atoms with Crippen LogP contribution in [0.2, 0.25) is 0 Å². The molecule has 13 atom stereocenters. The number of fused-ring (bicyclic) bond motifs is 5. The molecule has 0 aromatic heterocycles. The normalized spacial score (nSPS) is 54.5. The van der Waals surface area contributed by atoms with Crippen molar-refractivity contribution in [3.63, 3.8) is 0 Å². The molecule has 6 rings (SSSR count). The predicted octanol–water partition coefficient (Wildman–Crippen LogP) is 3.11. The Hall–Kier alpha value is -1.03. The van der Waals surface area contributed by atoms with Crippen LogP contribution in [0.1, 0.15) is 78.6 Å². The Morgan fingerprint density at radius 3 is 2.55 bits per heavy atom. The number of aliphatic hydroxyl groups excluding tert-OH is 2. The van der Waals surface area contributed by atoms with Crippen LogP contribution < -0.4 is 0 Å². The number of hydrogen-bond donors (Lipinski definition) is 3. The van der Waals surface area contributed by atoms with Crippen LogP contribution in [0.15, 0.2) is 11.6 Å². The summed E-state index contributed by atoms with van der Waals surface area (Å²) in [7, 11) is 1.63. The summed E-state index contributed by atoms with van der Waals surface area (Å²) in [5.41, 5.74) is -0.440. The average Bonchev–Trinajstić information content (AvgIpc) is 3.37. The zero-order valence-electron chi connectivity index (χ0n) is 23.3. The van der Waals surface area contributed by atoms with Crippen LogP contribution >= 0.6 is 0 Å². The Balaban J connectivity index is 1.16. The van der Waals surface area contributed by atoms with Crippen LogP contribution in [-0.2, 0) is 23.7 Å². The second-order valence-electron chi connectivity index (χ2n) is 13.8. The number of ether oxygens (including phenoxy) is 4. The Morgan fingerprint density at radius 1 is 1.05 bits per heavy atom. The molecule has 0 aromatic rings. The maximum absolute atomic E-state index is 12.4. The van der Waals surface area contributed by atoms with E-state index in [2.05, 4.69) is 13.8 Å². The molecule has 0 amide bonds. The molecule has 1 unspecified atom stereocenters. The fraction of sp³-hybridized carbons (Fsp3) is 0.900. The van der Waals surface area contributed by atoms with Crippen LogP contribution in [0.3, 0.4) is 0 Å². The molecule has 3 N–H and O–H groups in total. The maximum Gasteiger partial charge on any atom is 0.331 e. The van der Waals surface area contributed by atoms with Crippen molar-refractivity contribution in [2.45, 2.75) is 121 Å². The number of rotatable bonds is 4. The van der Waals surface area contributed by atoms with Crippen molar-refractivity contribution in [1.82, 2.24) is 0 Å². The van der Waals surface area contributed by atoms with Crippen LogP contribution in [0.4, 0.5) is 0 Å². The lowest BCUT2D eigenvalue weighted by molar-refractivity contribution is -0.273. The molecular weight excluding hydrogens is 488 g/mol. The molecule has 0 radical (unpaired) electrons. The first kappa shape index (κ1) is 27.2. The molecule has 4 aliphatic carbocycles. The molecule has 5 fully saturated rings. The Bertz CT molecular complexity index is 968. The molecule has 0 spiro atoms. The van der Waals surface area contributed by atoms with Crippen LogP contribution in [-0.4, -0.2) is 77.4 Å². The van der Waals surface area contributed by atoms with E-state index in [1.807, 2.05) is 6.92 Å². The zero-order chi connectivity index (χ0) is 27.0. The van der Waals surface area contributed by atoms with Crippen molar-refractivity contribution in [1.29, 1.82) is 0 Å². The van der Waals surface area contributed by atoms with Gasteiger partial charge in [-0.3, -0.25) is 0 Å². The van der Waals surface area contributed by atoms with Crippen molar-refractivity contribution in [3.05, 3.63) is 11.6 Å². The minimum atomic E-state index is -0.949. The van der Waals surface area contributed by atoms with Crippen LogP contribution in [0.5, 0.6) is 0 Å². The topological polar surface area (TPSA) is 115 Å². The van der Waals surface area contributed by atoms with Gasteiger partial charge in [-0.05, 0) is 80.6 Å². The second-order valence-corrected chi connectivity index (χ2v) is 13.8. The van der Waals surface area contributed by atoms with Crippen molar-refractivity contribution in [2.24, 2.45) is 34.5 Å². The molecule has 4 saturated carbocycles.